The third-order valence-corrected chi connectivity index (χ3v) is 4.12. The van der Waals surface area contributed by atoms with Gasteiger partial charge in [0, 0.05) is 31.9 Å². The van der Waals surface area contributed by atoms with E-state index in [1.54, 1.807) is 22.0 Å². The molecule has 7 heteroatoms. The van der Waals surface area contributed by atoms with Gasteiger partial charge in [0.1, 0.15) is 6.04 Å². The first-order valence-electron chi connectivity index (χ1n) is 7.90. The van der Waals surface area contributed by atoms with E-state index in [2.05, 4.69) is 10.3 Å². The number of carbonyl (C=O) groups is 2. The van der Waals surface area contributed by atoms with Gasteiger partial charge >= 0.3 is 12.0 Å². The number of anilines is 1. The van der Waals surface area contributed by atoms with Crippen LogP contribution in [0.3, 0.4) is 0 Å². The van der Waals surface area contributed by atoms with Gasteiger partial charge in [0.25, 0.3) is 0 Å². The Hall–Kier alpha value is -2.83. The quantitative estimate of drug-likeness (QED) is 0.892. The highest BCUT2D eigenvalue weighted by molar-refractivity contribution is 5.95. The minimum atomic E-state index is -1.07. The van der Waals surface area contributed by atoms with E-state index in [-0.39, 0.29) is 12.5 Å². The van der Waals surface area contributed by atoms with Gasteiger partial charge in [-0.25, -0.2) is 14.6 Å². The Labute approximate surface area is 139 Å². The van der Waals surface area contributed by atoms with Gasteiger partial charge in [-0.1, -0.05) is 18.2 Å². The fraction of sp³-hybridized carbons (Fsp3) is 0.353. The second kappa shape index (κ2) is 6.74. The number of para-hydroxylation sites is 1. The van der Waals surface area contributed by atoms with Crippen molar-refractivity contribution in [1.82, 2.24) is 14.9 Å². The van der Waals surface area contributed by atoms with Crippen LogP contribution in [0.4, 0.5) is 10.5 Å². The molecule has 2 heterocycles. The molecular weight excluding hydrogens is 308 g/mol. The van der Waals surface area contributed by atoms with E-state index >= 15 is 0 Å². The molecule has 0 radical (unpaired) electrons. The highest BCUT2D eigenvalue weighted by Gasteiger charge is 2.27. The van der Waals surface area contributed by atoms with Gasteiger partial charge in [-0.3, -0.25) is 4.90 Å². The number of benzene rings is 1. The Bertz CT molecular complexity index is 756. The largest absolute Gasteiger partial charge is 0.480 e. The van der Waals surface area contributed by atoms with Crippen LogP contribution in [0, 0.1) is 0 Å². The second-order valence-corrected chi connectivity index (χ2v) is 5.96. The number of hydrogen-bond donors (Lipinski definition) is 2. The summed E-state index contributed by atoms with van der Waals surface area (Å²) >= 11 is 0. The maximum atomic E-state index is 12.6. The minimum Gasteiger partial charge on any atom is -0.480 e. The van der Waals surface area contributed by atoms with Crippen molar-refractivity contribution in [1.29, 1.82) is 0 Å². The highest BCUT2D eigenvalue weighted by atomic mass is 16.4. The first-order chi connectivity index (χ1) is 11.5. The van der Waals surface area contributed by atoms with Crippen LogP contribution in [0.2, 0.25) is 0 Å². The molecule has 2 N–H and O–H groups in total. The summed E-state index contributed by atoms with van der Waals surface area (Å²) in [7, 11) is 1.81. The van der Waals surface area contributed by atoms with E-state index in [1.807, 2.05) is 31.3 Å². The summed E-state index contributed by atoms with van der Waals surface area (Å²) in [5.41, 5.74) is 2.59. The summed E-state index contributed by atoms with van der Waals surface area (Å²) in [4.78, 5) is 29.9. The maximum Gasteiger partial charge on any atom is 0.326 e. The van der Waals surface area contributed by atoms with Crippen LogP contribution < -0.4 is 10.2 Å². The molecule has 0 unspecified atom stereocenters. The zero-order valence-corrected chi connectivity index (χ0v) is 13.5. The lowest BCUT2D eigenvalue weighted by Gasteiger charge is -2.30. The number of carbonyl (C=O) groups excluding carboxylic acids is 1. The van der Waals surface area contributed by atoms with E-state index in [0.717, 1.165) is 24.1 Å². The molecule has 24 heavy (non-hydrogen) atoms. The Morgan fingerprint density at radius 2 is 2.17 bits per heavy atom. The van der Waals surface area contributed by atoms with E-state index in [1.165, 1.54) is 0 Å². The molecule has 2 aromatic rings. The third-order valence-electron chi connectivity index (χ3n) is 4.12. The molecule has 7 nitrogen and oxygen atoms in total. The Kier molecular flexibility index (Phi) is 4.50. The van der Waals surface area contributed by atoms with Gasteiger partial charge < -0.3 is 15.0 Å². The standard InChI is InChI=1S/C17H20N4O3/c1-20-10-13(18-11-20)9-14(16(22)23)19-17(24)21-8-4-6-12-5-2-3-7-15(12)21/h2-3,5,7,10-11,14H,4,6,8-9H2,1H3,(H,19,24)(H,22,23)/t14-/m1/s1. The lowest BCUT2D eigenvalue weighted by Crippen LogP contribution is -2.50. The number of nitrogens with one attached hydrogen (secondary N) is 1. The third kappa shape index (κ3) is 3.40. The van der Waals surface area contributed by atoms with Crippen molar-refractivity contribution in [2.75, 3.05) is 11.4 Å². The normalized spacial score (nSPS) is 14.8. The fourth-order valence-electron chi connectivity index (χ4n) is 2.95. The molecular formula is C17H20N4O3. The summed E-state index contributed by atoms with van der Waals surface area (Å²) < 4.78 is 1.75. The molecule has 1 aromatic carbocycles. The summed E-state index contributed by atoms with van der Waals surface area (Å²) in [5, 5.41) is 12.0. The lowest BCUT2D eigenvalue weighted by atomic mass is 10.0. The van der Waals surface area contributed by atoms with Gasteiger partial charge in [-0.2, -0.15) is 0 Å². The molecule has 0 saturated carbocycles. The molecule has 3 rings (SSSR count). The van der Waals surface area contributed by atoms with Crippen LogP contribution in [0.5, 0.6) is 0 Å². The number of carboxylic acid groups (broad SMARTS) is 1. The van der Waals surface area contributed by atoms with Crippen LogP contribution in [0.25, 0.3) is 0 Å². The SMILES string of the molecule is Cn1cnc(C[C@@H](NC(=O)N2CCCc3ccccc32)C(=O)O)c1. The molecule has 0 aliphatic carbocycles. The van der Waals surface area contributed by atoms with E-state index in [9.17, 15) is 14.7 Å². The number of carboxylic acids is 1. The van der Waals surface area contributed by atoms with Crippen LogP contribution >= 0.6 is 0 Å². The smallest absolute Gasteiger partial charge is 0.326 e. The van der Waals surface area contributed by atoms with Gasteiger partial charge in [0.05, 0.1) is 12.0 Å². The highest BCUT2D eigenvalue weighted by Crippen LogP contribution is 2.26. The van der Waals surface area contributed by atoms with Crippen LogP contribution in [0.15, 0.2) is 36.8 Å². The zero-order chi connectivity index (χ0) is 17.1. The molecule has 1 aliphatic heterocycles. The first kappa shape index (κ1) is 16.0. The van der Waals surface area contributed by atoms with Crippen LogP contribution in [0.1, 0.15) is 17.7 Å². The van der Waals surface area contributed by atoms with Crippen molar-refractivity contribution in [3.8, 4) is 0 Å². The Morgan fingerprint density at radius 3 is 2.88 bits per heavy atom. The zero-order valence-electron chi connectivity index (χ0n) is 13.5. The van der Waals surface area contributed by atoms with Crippen LogP contribution in [-0.4, -0.2) is 39.2 Å². The van der Waals surface area contributed by atoms with Crippen LogP contribution in [-0.2, 0) is 24.7 Å². The summed E-state index contributed by atoms with van der Waals surface area (Å²) in [6, 6.07) is 6.32. The summed E-state index contributed by atoms with van der Waals surface area (Å²) in [5.74, 6) is -1.07. The van der Waals surface area contributed by atoms with Gasteiger partial charge in [-0.05, 0) is 24.5 Å². The molecule has 0 bridgehead atoms. The lowest BCUT2D eigenvalue weighted by molar-refractivity contribution is -0.139. The number of amides is 2. The first-order valence-corrected chi connectivity index (χ1v) is 7.90. The van der Waals surface area contributed by atoms with E-state index in [0.29, 0.717) is 12.2 Å². The number of fused-ring (bicyclic) bond motifs is 1. The number of aryl methyl sites for hydroxylation is 2. The second-order valence-electron chi connectivity index (χ2n) is 5.96. The van der Waals surface area contributed by atoms with Crippen molar-refractivity contribution in [3.63, 3.8) is 0 Å². The van der Waals surface area contributed by atoms with E-state index in [4.69, 9.17) is 0 Å². The average molecular weight is 328 g/mol. The molecule has 0 fully saturated rings. The van der Waals surface area contributed by atoms with Crippen molar-refractivity contribution in [2.24, 2.45) is 7.05 Å². The monoisotopic (exact) mass is 328 g/mol. The fourth-order valence-corrected chi connectivity index (χ4v) is 2.95. The predicted octanol–water partition coefficient (Wildman–Crippen LogP) is 1.58. The molecule has 0 spiro atoms. The number of hydrogen-bond acceptors (Lipinski definition) is 3. The summed E-state index contributed by atoms with van der Waals surface area (Å²) in [6.07, 6.45) is 5.30. The van der Waals surface area contributed by atoms with Gasteiger partial charge in [0.2, 0.25) is 0 Å². The Morgan fingerprint density at radius 1 is 1.38 bits per heavy atom. The average Bonchev–Trinajstić information content (AvgIpc) is 2.98. The number of nitrogens with zero attached hydrogens (tertiary/aromatic N) is 3. The molecule has 2 amide bonds. The molecule has 1 atom stereocenters. The number of aromatic nitrogens is 2. The number of aliphatic carboxylic acids is 1. The molecule has 1 aromatic heterocycles. The molecule has 126 valence electrons. The van der Waals surface area contributed by atoms with E-state index < -0.39 is 12.0 Å². The number of urea groups is 1. The topological polar surface area (TPSA) is 87.5 Å². The van der Waals surface area contributed by atoms with Crippen molar-refractivity contribution < 1.29 is 14.7 Å². The van der Waals surface area contributed by atoms with Crippen molar-refractivity contribution >= 4 is 17.7 Å². The van der Waals surface area contributed by atoms with Gasteiger partial charge in [-0.15, -0.1) is 0 Å². The molecule has 0 saturated heterocycles. The summed E-state index contributed by atoms with van der Waals surface area (Å²) in [6.45, 7) is 0.582. The van der Waals surface area contributed by atoms with Gasteiger partial charge in [0.15, 0.2) is 0 Å². The number of imidazole rings is 1. The van der Waals surface area contributed by atoms with Crippen molar-refractivity contribution in [3.05, 3.63) is 48.0 Å². The minimum absolute atomic E-state index is 0.150. The predicted molar refractivity (Wildman–Crippen MR) is 89.0 cm³/mol. The molecule has 1 aliphatic rings. The number of rotatable bonds is 4. The Balaban J connectivity index is 1.73. The maximum absolute atomic E-state index is 12.6. The van der Waals surface area contributed by atoms with Crippen molar-refractivity contribution in [2.45, 2.75) is 25.3 Å².